The Morgan fingerprint density at radius 2 is 1.87 bits per heavy atom. The summed E-state index contributed by atoms with van der Waals surface area (Å²) in [5.74, 6) is -3.30. The van der Waals surface area contributed by atoms with Gasteiger partial charge >= 0.3 is 6.18 Å². The van der Waals surface area contributed by atoms with Gasteiger partial charge in [-0.25, -0.2) is 14.4 Å². The van der Waals surface area contributed by atoms with Crippen LogP contribution in [0.2, 0.25) is 0 Å². The number of carbonyl (C=O) groups excluding carboxylic acids is 2. The minimum atomic E-state index is -4.61. The number of rotatable bonds is 8. The number of fused-ring (bicyclic) bond motifs is 1. The molecule has 0 saturated carbocycles. The van der Waals surface area contributed by atoms with E-state index in [2.05, 4.69) is 15.3 Å². The van der Waals surface area contributed by atoms with Gasteiger partial charge in [0.25, 0.3) is 5.91 Å². The summed E-state index contributed by atoms with van der Waals surface area (Å²) in [6.45, 7) is 1.62. The van der Waals surface area contributed by atoms with Gasteiger partial charge in [0, 0.05) is 11.5 Å². The number of nitrogens with zero attached hydrogens (tertiary/aromatic N) is 3. The Balaban J connectivity index is 1.56. The minimum Gasteiger partial charge on any atom is -0.435 e. The van der Waals surface area contributed by atoms with Crippen molar-refractivity contribution >= 4 is 41.2 Å². The summed E-state index contributed by atoms with van der Waals surface area (Å²) >= 11 is 0. The SMILES string of the molecule is CP(C)(=O)c1ccc2c(c1)nc(NC(=O)Cc1ccc(Oc3ncccc3C(N)=O)c(F)c1)n2CC(F)(F)F. The van der Waals surface area contributed by atoms with Crippen molar-refractivity contribution < 1.29 is 36.5 Å². The monoisotopic (exact) mass is 563 g/mol. The van der Waals surface area contributed by atoms with E-state index in [-0.39, 0.29) is 39.7 Å². The Morgan fingerprint density at radius 1 is 1.13 bits per heavy atom. The highest BCUT2D eigenvalue weighted by Crippen LogP contribution is 2.36. The van der Waals surface area contributed by atoms with E-state index < -0.39 is 43.9 Å². The number of carbonyl (C=O) groups is 2. The van der Waals surface area contributed by atoms with Crippen LogP contribution in [0.15, 0.2) is 54.7 Å². The maximum Gasteiger partial charge on any atom is 0.406 e. The molecule has 2 heterocycles. The smallest absolute Gasteiger partial charge is 0.406 e. The summed E-state index contributed by atoms with van der Waals surface area (Å²) in [6.07, 6.45) is -3.68. The molecule has 4 aromatic rings. The fourth-order valence-electron chi connectivity index (χ4n) is 3.74. The first-order valence-electron chi connectivity index (χ1n) is 11.3. The summed E-state index contributed by atoms with van der Waals surface area (Å²) in [4.78, 5) is 32.2. The number of alkyl halides is 3. The number of hydrogen-bond donors (Lipinski definition) is 2. The van der Waals surface area contributed by atoms with E-state index in [0.29, 0.717) is 5.30 Å². The van der Waals surface area contributed by atoms with Gasteiger partial charge in [0.15, 0.2) is 11.6 Å². The average molecular weight is 563 g/mol. The van der Waals surface area contributed by atoms with Crippen LogP contribution < -0.4 is 21.1 Å². The number of hydrogen-bond acceptors (Lipinski definition) is 6. The Kier molecular flexibility index (Phi) is 7.47. The Hall–Kier alpha value is -4.25. The number of aromatic nitrogens is 3. The molecule has 204 valence electrons. The predicted octanol–water partition coefficient (Wildman–Crippen LogP) is 4.45. The van der Waals surface area contributed by atoms with Crippen molar-refractivity contribution in [1.82, 2.24) is 14.5 Å². The molecule has 0 bridgehead atoms. The Bertz CT molecular complexity index is 1630. The molecule has 2 aromatic heterocycles. The molecule has 0 aliphatic heterocycles. The summed E-state index contributed by atoms with van der Waals surface area (Å²) in [7, 11) is -2.71. The zero-order valence-corrected chi connectivity index (χ0v) is 21.5. The molecule has 0 unspecified atom stereocenters. The van der Waals surface area contributed by atoms with Gasteiger partial charge in [-0.2, -0.15) is 13.2 Å². The summed E-state index contributed by atoms with van der Waals surface area (Å²) in [6, 6.07) is 10.7. The summed E-state index contributed by atoms with van der Waals surface area (Å²) in [5, 5.41) is 2.78. The van der Waals surface area contributed by atoms with Crippen LogP contribution in [0, 0.1) is 5.82 Å². The van der Waals surface area contributed by atoms with E-state index in [1.54, 1.807) is 0 Å². The van der Waals surface area contributed by atoms with Crippen LogP contribution in [0.5, 0.6) is 11.6 Å². The first-order chi connectivity index (χ1) is 18.2. The van der Waals surface area contributed by atoms with Gasteiger partial charge in [0.1, 0.15) is 19.3 Å². The molecule has 0 aliphatic rings. The lowest BCUT2D eigenvalue weighted by molar-refractivity contribution is -0.139. The lowest BCUT2D eigenvalue weighted by atomic mass is 10.1. The highest BCUT2D eigenvalue weighted by molar-refractivity contribution is 7.70. The second kappa shape index (κ2) is 10.5. The molecule has 0 fully saturated rings. The number of primary amides is 1. The van der Waals surface area contributed by atoms with Crippen LogP contribution in [-0.4, -0.2) is 45.9 Å². The van der Waals surface area contributed by atoms with Crippen molar-refractivity contribution in [2.24, 2.45) is 5.73 Å². The number of benzene rings is 2. The van der Waals surface area contributed by atoms with E-state index in [0.717, 1.165) is 10.6 Å². The van der Waals surface area contributed by atoms with Gasteiger partial charge < -0.3 is 19.6 Å². The van der Waals surface area contributed by atoms with Crippen molar-refractivity contribution in [2.45, 2.75) is 19.1 Å². The minimum absolute atomic E-state index is 0.0603. The molecule has 0 aliphatic carbocycles. The predicted molar refractivity (Wildman–Crippen MR) is 136 cm³/mol. The fraction of sp³-hybridized carbons (Fsp3) is 0.200. The van der Waals surface area contributed by atoms with E-state index in [1.165, 1.54) is 62.0 Å². The topological polar surface area (TPSA) is 129 Å². The molecule has 0 spiro atoms. The first kappa shape index (κ1) is 27.8. The zero-order valence-electron chi connectivity index (χ0n) is 20.6. The fourth-order valence-corrected chi connectivity index (χ4v) is 4.61. The molecule has 2 aromatic carbocycles. The molecule has 0 saturated heterocycles. The number of pyridine rings is 1. The molecule has 2 amide bonds. The van der Waals surface area contributed by atoms with Gasteiger partial charge in [0.05, 0.1) is 17.5 Å². The van der Waals surface area contributed by atoms with Crippen molar-refractivity contribution in [2.75, 3.05) is 18.6 Å². The van der Waals surface area contributed by atoms with E-state index in [4.69, 9.17) is 10.5 Å². The van der Waals surface area contributed by atoms with E-state index in [1.807, 2.05) is 0 Å². The van der Waals surface area contributed by atoms with Crippen LogP contribution >= 0.6 is 7.14 Å². The normalized spacial score (nSPS) is 11.9. The molecular weight excluding hydrogens is 541 g/mol. The van der Waals surface area contributed by atoms with Gasteiger partial charge in [-0.3, -0.25) is 14.9 Å². The third kappa shape index (κ3) is 6.61. The number of halogens is 4. The standard InChI is InChI=1S/C25H22F4N5O4P/c1-39(2,37)15-6-7-19-18(12-15)32-24(34(19)13-25(27,28)29)33-21(35)11-14-5-8-20(17(26)10-14)38-23-16(22(30)36)4-3-9-31-23/h3-10,12H,11,13H2,1-2H3,(H2,30,36)(H,32,33,35). The highest BCUT2D eigenvalue weighted by atomic mass is 31.2. The van der Waals surface area contributed by atoms with E-state index in [9.17, 15) is 31.7 Å². The second-order valence-electron chi connectivity index (χ2n) is 8.97. The van der Waals surface area contributed by atoms with Gasteiger partial charge in [-0.15, -0.1) is 0 Å². The third-order valence-electron chi connectivity index (χ3n) is 5.55. The molecule has 3 N–H and O–H groups in total. The zero-order chi connectivity index (χ0) is 28.5. The molecule has 0 atom stereocenters. The Labute approximate surface area is 219 Å². The van der Waals surface area contributed by atoms with Crippen molar-refractivity contribution in [1.29, 1.82) is 0 Å². The van der Waals surface area contributed by atoms with E-state index >= 15 is 0 Å². The molecule has 39 heavy (non-hydrogen) atoms. The number of ether oxygens (including phenoxy) is 1. The quantitative estimate of drug-likeness (QED) is 0.241. The summed E-state index contributed by atoms with van der Waals surface area (Å²) < 4.78 is 73.2. The third-order valence-corrected chi connectivity index (χ3v) is 7.07. The molecule has 0 radical (unpaired) electrons. The number of nitrogens with one attached hydrogen (secondary N) is 1. The van der Waals surface area contributed by atoms with Gasteiger partial charge in [0.2, 0.25) is 17.7 Å². The van der Waals surface area contributed by atoms with Crippen LogP contribution in [0.25, 0.3) is 11.0 Å². The molecule has 4 rings (SSSR count). The molecule has 14 heteroatoms. The van der Waals surface area contributed by atoms with Crippen molar-refractivity contribution in [3.05, 3.63) is 71.7 Å². The number of amides is 2. The van der Waals surface area contributed by atoms with Crippen LogP contribution in [0.3, 0.4) is 0 Å². The Morgan fingerprint density at radius 3 is 2.51 bits per heavy atom. The maximum atomic E-state index is 14.7. The second-order valence-corrected chi connectivity index (χ2v) is 12.2. The maximum absolute atomic E-state index is 14.7. The number of imidazole rings is 1. The van der Waals surface area contributed by atoms with Crippen molar-refractivity contribution in [3.8, 4) is 11.6 Å². The lowest BCUT2D eigenvalue weighted by Crippen LogP contribution is -2.22. The van der Waals surface area contributed by atoms with Crippen LogP contribution in [-0.2, 0) is 22.3 Å². The molecular formula is C25H22F4N5O4P. The van der Waals surface area contributed by atoms with Crippen LogP contribution in [0.1, 0.15) is 15.9 Å². The average Bonchev–Trinajstić information content (AvgIpc) is 3.15. The highest BCUT2D eigenvalue weighted by Gasteiger charge is 2.31. The molecule has 9 nitrogen and oxygen atoms in total. The number of anilines is 1. The van der Waals surface area contributed by atoms with Crippen LogP contribution in [0.4, 0.5) is 23.5 Å². The lowest BCUT2D eigenvalue weighted by Gasteiger charge is -2.13. The largest absolute Gasteiger partial charge is 0.435 e. The van der Waals surface area contributed by atoms with Gasteiger partial charge in [-0.1, -0.05) is 6.07 Å². The van der Waals surface area contributed by atoms with Gasteiger partial charge in [-0.05, 0) is 61.4 Å². The summed E-state index contributed by atoms with van der Waals surface area (Å²) in [5.41, 5.74) is 5.62. The first-order valence-corrected chi connectivity index (χ1v) is 13.9. The number of nitrogens with two attached hydrogens (primary N) is 1. The van der Waals surface area contributed by atoms with Crippen molar-refractivity contribution in [3.63, 3.8) is 0 Å².